The summed E-state index contributed by atoms with van der Waals surface area (Å²) in [5, 5.41) is 50.1. The van der Waals surface area contributed by atoms with E-state index >= 15 is 0 Å². The molecular weight excluding hydrogens is 1850 g/mol. The molecule has 140 heavy (non-hydrogen) atoms. The van der Waals surface area contributed by atoms with Crippen molar-refractivity contribution in [2.24, 2.45) is 0 Å². The number of carboxylic acids is 1. The van der Waals surface area contributed by atoms with E-state index in [1.165, 1.54) is 38.5 Å². The summed E-state index contributed by atoms with van der Waals surface area (Å²) in [5.41, 5.74) is 13.2. The summed E-state index contributed by atoms with van der Waals surface area (Å²) in [7, 11) is 0. The lowest BCUT2D eigenvalue weighted by Gasteiger charge is -2.27. The number of benzene rings is 8. The minimum Gasteiger partial charge on any atom is -1.00 e. The molecule has 4 aliphatic heterocycles. The number of nitrogens with zero attached hydrogens (tertiary/aromatic N) is 20. The second-order valence-electron chi connectivity index (χ2n) is 32.6. The van der Waals surface area contributed by atoms with Gasteiger partial charge in [0.1, 0.15) is 29.9 Å². The fourth-order valence-corrected chi connectivity index (χ4v) is 15.6. The number of carbonyl (C=O) groups excluding carboxylic acids is 6. The molecule has 6 aromatic heterocycles. The number of aromatic carboxylic acids is 1. The smallest absolute Gasteiger partial charge is 0.410 e. The van der Waals surface area contributed by atoms with Crippen LogP contribution in [0.5, 0.6) is 0 Å². The van der Waals surface area contributed by atoms with Gasteiger partial charge in [0.25, 0.3) is 29.1 Å². The summed E-state index contributed by atoms with van der Waals surface area (Å²) < 4.78 is 26.2. The standard InChI is InChI=1S/C24H27N5O3.C23H23ClN6O2.C16H21N5O.C14H20N2O2.C10H9N3O2.C7H3Cl2NO.C4H8O2.3CH4.FH.H/c1-18-8-9-22(29-25-11-12-26-29)21(16-18)23(30)28-15-14-27(13-10-19(28)2)24(31)32-17-20-6-4-3-5-7-20;1-15-3-5-20(30-25-8-9-26-30)18(13-15)22(31)29-12-11-28(10-7-16(29)2)23-27-19-14-17(24)4-6-21(19)32-23;1-12-3-4-15(21-18-7-8-19-21)14(11-12)16(22)20-10-9-17-6-5-13(20)2;1-12-7-9-16(10-8-15-12)14(17)18-11-13-5-3-2-4-6-13;1-7-2-3-9(8(6-7)10(14)15)13-11-4-5-12-13;8-4-1-2-6-5(3-4)10-7(9)11-6;1-3-6-4(2)5;;;;;/h3-9,11-12,16,19H,10,13-15,17H2,1-2H3;3-6,8-9,13-14,16H,7,10-12H2,1-2H3;3-4,7-8,11,13,17H,5-6,9-10H2,1-2H3;2-6,12,15H,7-11H2,1H3;2-6H,1H3,(H,14,15);1-3H;3H2,1-2H3;3*1H4;1H;/q;;;;;;;;;;;-1/p-1/t19-;16-;13-;12-;;;;;;;;/m1111......../s1/i;;;;;;;;;;;1+1. The largest absolute Gasteiger partial charge is 1.00 e. The quantitative estimate of drug-likeness (QED) is 0.0672. The lowest BCUT2D eigenvalue weighted by atomic mass is 10.1. The summed E-state index contributed by atoms with van der Waals surface area (Å²) >= 11 is 17.3. The maximum Gasteiger partial charge on any atom is 0.410 e. The van der Waals surface area contributed by atoms with Crippen molar-refractivity contribution in [2.45, 2.75) is 155 Å². The van der Waals surface area contributed by atoms with E-state index in [-0.39, 0.29) is 99.9 Å². The Labute approximate surface area is 830 Å². The SMILES string of the molecule is C.C.C.CCOC(C)=O.C[C@@H]1CCN(C(=O)OCc2ccccc2)CCN1.Cc1ccc(-n2nccn2)c(C(=O)N2CCN(C(=O)OCc3ccccc3)CC[C@H]2C)c1.Cc1ccc(-n2nccn2)c(C(=O)N2CCN(c3nc4cc(Cl)ccc4o3)CC[C@H]2C)c1.Cc1ccc(-n2nccn2)c(C(=O)N2CCNCC[C@H]2C)c1.Cc1ccc(-n2nccn2)c(C(=O)O)c1.Clc1ccc2oc(Cl)nc2c1.[2H-].[F-]. The third kappa shape index (κ3) is 31.3. The molecule has 0 aliphatic carbocycles. The van der Waals surface area contributed by atoms with Gasteiger partial charge in [0.15, 0.2) is 11.2 Å². The molecule has 39 heteroatoms. The molecule has 35 nitrogen and oxygen atoms in total. The number of aryl methyl sites for hydroxylation is 4. The molecule has 0 unspecified atom stereocenters. The summed E-state index contributed by atoms with van der Waals surface area (Å²) in [6, 6.07) is 53.6. The number of aromatic nitrogens is 14. The molecule has 0 bridgehead atoms. The Kier molecular flexibility index (Phi) is 43.4. The predicted octanol–water partition coefficient (Wildman–Crippen LogP) is 15.0. The molecule has 4 saturated heterocycles. The number of esters is 1. The lowest BCUT2D eigenvalue weighted by molar-refractivity contribution is -0.140. The fourth-order valence-electron chi connectivity index (χ4n) is 15.1. The van der Waals surface area contributed by atoms with Crippen LogP contribution in [0.3, 0.4) is 0 Å². The topological polar surface area (TPSA) is 386 Å². The van der Waals surface area contributed by atoms with Gasteiger partial charge in [-0.3, -0.25) is 19.2 Å². The number of ether oxygens (including phenoxy) is 3. The van der Waals surface area contributed by atoms with Gasteiger partial charge in [0.2, 0.25) is 0 Å². The molecule has 4 aliphatic rings. The third-order valence-corrected chi connectivity index (χ3v) is 23.1. The van der Waals surface area contributed by atoms with E-state index in [4.69, 9.17) is 58.2 Å². The normalized spacial score (nSPS) is 15.5. The van der Waals surface area contributed by atoms with Crippen LogP contribution in [-0.4, -0.2) is 251 Å². The first kappa shape index (κ1) is 111. The molecule has 0 spiro atoms. The Balaban J connectivity index is 0.000000232. The highest BCUT2D eigenvalue weighted by Crippen LogP contribution is 2.30. The Morgan fingerprint density at radius 1 is 0.421 bits per heavy atom. The molecule has 4 atom stereocenters. The number of anilines is 1. The van der Waals surface area contributed by atoms with Crippen molar-refractivity contribution in [3.05, 3.63) is 290 Å². The Morgan fingerprint density at radius 3 is 1.24 bits per heavy atom. The molecule has 4 fully saturated rings. The maximum absolute atomic E-state index is 13.6. The number of halogens is 4. The molecule has 0 saturated carbocycles. The van der Waals surface area contributed by atoms with Crippen molar-refractivity contribution in [1.82, 2.24) is 105 Å². The molecule has 3 N–H and O–H groups in total. The van der Waals surface area contributed by atoms with Gasteiger partial charge in [-0.15, -0.1) is 0 Å². The van der Waals surface area contributed by atoms with Crippen LogP contribution >= 0.6 is 34.8 Å². The Bertz CT molecular complexity index is 6270. The van der Waals surface area contributed by atoms with Crippen LogP contribution in [0.4, 0.5) is 15.6 Å². The number of hydrogen-bond donors (Lipinski definition) is 3. The number of rotatable bonds is 14. The fraction of sp³-hybridized carbons (Fsp3) is 0.356. The van der Waals surface area contributed by atoms with E-state index in [9.17, 15) is 33.6 Å². The minimum absolute atomic E-state index is 0. The molecule has 5 amide bonds. The van der Waals surface area contributed by atoms with Gasteiger partial charge < -0.3 is 74.3 Å². The maximum atomic E-state index is 13.6. The summed E-state index contributed by atoms with van der Waals surface area (Å²) in [5.74, 6) is -1.26. The van der Waals surface area contributed by atoms with E-state index in [1.807, 2.05) is 177 Å². The number of carboxylic acid groups (broad SMARTS) is 1. The third-order valence-electron chi connectivity index (χ3n) is 22.5. The van der Waals surface area contributed by atoms with Gasteiger partial charge in [-0.25, -0.2) is 14.4 Å². The molecule has 0 radical (unpaired) electrons. The highest BCUT2D eigenvalue weighted by Gasteiger charge is 2.33. The van der Waals surface area contributed by atoms with Crippen LogP contribution in [0.2, 0.25) is 15.4 Å². The second-order valence-corrected chi connectivity index (χ2v) is 33.8. The summed E-state index contributed by atoms with van der Waals surface area (Å²) in [6.45, 7) is 28.5. The van der Waals surface area contributed by atoms with Crippen molar-refractivity contribution in [3.8, 4) is 22.7 Å². The zero-order valence-electron chi connectivity index (χ0n) is 78.8. The van der Waals surface area contributed by atoms with Crippen LogP contribution in [0.25, 0.3) is 44.9 Å². The average molecular weight is 1980 g/mol. The zero-order chi connectivity index (χ0) is 96.7. The van der Waals surface area contributed by atoms with Crippen molar-refractivity contribution in [3.63, 3.8) is 0 Å². The molecule has 10 heterocycles. The first-order valence-corrected chi connectivity index (χ1v) is 45.9. The van der Waals surface area contributed by atoms with Gasteiger partial charge in [0, 0.05) is 113 Å². The highest BCUT2D eigenvalue weighted by atomic mass is 35.5. The summed E-state index contributed by atoms with van der Waals surface area (Å²) in [6.07, 6.45) is 15.5. The zero-order valence-corrected chi connectivity index (χ0v) is 80.1. The van der Waals surface area contributed by atoms with Crippen LogP contribution in [0.15, 0.2) is 228 Å². The molecule has 746 valence electrons. The van der Waals surface area contributed by atoms with Gasteiger partial charge in [0.05, 0.1) is 95.5 Å². The van der Waals surface area contributed by atoms with Crippen LogP contribution in [0.1, 0.15) is 166 Å². The predicted molar refractivity (Wildman–Crippen MR) is 537 cm³/mol. The van der Waals surface area contributed by atoms with Gasteiger partial charge in [-0.2, -0.15) is 69.9 Å². The molecule has 8 aromatic carbocycles. The number of oxazole rings is 2. The average Bonchev–Trinajstić information content (AvgIpc) is 1.70. The van der Waals surface area contributed by atoms with Gasteiger partial charge in [-0.05, 0) is 202 Å². The molecule has 14 aromatic rings. The van der Waals surface area contributed by atoms with E-state index in [0.29, 0.717) is 125 Å². The minimum atomic E-state index is -0.981. The monoisotopic (exact) mass is 1980 g/mol. The van der Waals surface area contributed by atoms with Crippen molar-refractivity contribution in [1.29, 1.82) is 0 Å². The van der Waals surface area contributed by atoms with Crippen LogP contribution in [-0.2, 0) is 32.2 Å². The molecule has 18 rings (SSSR count). The van der Waals surface area contributed by atoms with Crippen molar-refractivity contribution in [2.75, 3.05) is 90.0 Å². The number of fused-ring (bicyclic) bond motifs is 2. The van der Waals surface area contributed by atoms with E-state index < -0.39 is 5.97 Å². The number of carbonyl (C=O) groups is 7. The van der Waals surface area contributed by atoms with Crippen molar-refractivity contribution < 1.29 is 67.8 Å². The Hall–Kier alpha value is -14.3. The van der Waals surface area contributed by atoms with E-state index in [0.717, 1.165) is 110 Å². The van der Waals surface area contributed by atoms with Crippen molar-refractivity contribution >= 4 is 105 Å². The van der Waals surface area contributed by atoms with E-state index in [2.05, 4.69) is 91.8 Å². The lowest BCUT2D eigenvalue weighted by Crippen LogP contribution is -3.00. The van der Waals surface area contributed by atoms with E-state index in [1.54, 1.807) is 96.4 Å². The van der Waals surface area contributed by atoms with Gasteiger partial charge in [-0.1, -0.05) is 153 Å². The number of hydrogen-bond acceptors (Lipinski definition) is 25. The van der Waals surface area contributed by atoms with Crippen LogP contribution in [0, 0.1) is 27.7 Å². The first-order valence-electron chi connectivity index (χ1n) is 44.7. The number of nitrogens with one attached hydrogen (secondary N) is 2. The summed E-state index contributed by atoms with van der Waals surface area (Å²) in [4.78, 5) is 111. The first-order chi connectivity index (χ1) is 65.6. The second kappa shape index (κ2) is 54.7. The van der Waals surface area contributed by atoms with Crippen LogP contribution < -0.4 is 20.2 Å². The highest BCUT2D eigenvalue weighted by molar-refractivity contribution is 6.32. The van der Waals surface area contributed by atoms with Gasteiger partial charge >= 0.3 is 24.1 Å². The number of amides is 5. The molecular formula is C101H124Cl3FN22O13-2. The Morgan fingerprint density at radius 2 is 0.807 bits per heavy atom.